The zero-order valence-electron chi connectivity index (χ0n) is 22.2. The molecule has 0 fully saturated rings. The number of carbonyl (C=O) groups is 2. The minimum absolute atomic E-state index is 0. The highest BCUT2D eigenvalue weighted by Crippen LogP contribution is 2.35. The summed E-state index contributed by atoms with van der Waals surface area (Å²) < 4.78 is 10.7. The third-order valence-corrected chi connectivity index (χ3v) is 5.74. The van der Waals surface area contributed by atoms with Crippen LogP contribution < -0.4 is 19.7 Å². The van der Waals surface area contributed by atoms with Crippen molar-refractivity contribution >= 4 is 17.5 Å². The van der Waals surface area contributed by atoms with Gasteiger partial charge in [0.2, 0.25) is 18.6 Å². The smallest absolute Gasteiger partial charge is 0.249 e. The molecule has 6 nitrogen and oxygen atoms in total. The van der Waals surface area contributed by atoms with Crippen LogP contribution >= 0.6 is 0 Å². The standard InChI is InChI=1S/C20H22N2O4.C8H10.C2H6.2H2/c1-14(23)21-17(10-8-15-6-4-3-5-7-15)20(24)22(2)16-9-11-18-19(12-16)26-13-25-18;1-7-5-3-4-6-8(7)2;1-2;;/h3-7,9,11-12,17H,8,10,13H2,1-2H3,(H,21,23);3-6H,1-2H3;1-2H3;2*1H/t17-;;;;/m0..../s1. The fraction of sp³-hybridized carbons (Fsp3) is 0.333. The van der Waals surface area contributed by atoms with Gasteiger partial charge in [-0.2, -0.15) is 0 Å². The van der Waals surface area contributed by atoms with E-state index in [0.717, 1.165) is 5.56 Å². The first-order valence-electron chi connectivity index (χ1n) is 12.4. The Kier molecular flexibility index (Phi) is 11.5. The van der Waals surface area contributed by atoms with Gasteiger partial charge >= 0.3 is 0 Å². The molecule has 2 amide bonds. The van der Waals surface area contributed by atoms with Crippen LogP contribution in [0.3, 0.4) is 0 Å². The number of benzene rings is 3. The number of fused-ring (bicyclic) bond motifs is 1. The Balaban J connectivity index is 0.000000972. The van der Waals surface area contributed by atoms with Crippen molar-refractivity contribution in [1.29, 1.82) is 0 Å². The molecule has 1 atom stereocenters. The van der Waals surface area contributed by atoms with Gasteiger partial charge in [0.15, 0.2) is 11.5 Å². The number of ether oxygens (including phenoxy) is 2. The minimum Gasteiger partial charge on any atom is -0.454 e. The van der Waals surface area contributed by atoms with Crippen molar-refractivity contribution in [2.45, 2.75) is 53.5 Å². The Labute approximate surface area is 218 Å². The first-order chi connectivity index (χ1) is 17.3. The van der Waals surface area contributed by atoms with Crippen LogP contribution in [0.1, 0.15) is 46.7 Å². The number of likely N-dealkylation sites (N-methyl/N-ethyl adjacent to an activating group) is 1. The van der Waals surface area contributed by atoms with Gasteiger partial charge in [-0.1, -0.05) is 68.4 Å². The molecule has 196 valence electrons. The van der Waals surface area contributed by atoms with Crippen LogP contribution in [0.15, 0.2) is 72.8 Å². The van der Waals surface area contributed by atoms with Gasteiger partial charge in [0, 0.05) is 28.6 Å². The average molecular weight is 495 g/mol. The molecule has 36 heavy (non-hydrogen) atoms. The quantitative estimate of drug-likeness (QED) is 0.434. The normalized spacial score (nSPS) is 11.7. The topological polar surface area (TPSA) is 67.9 Å². The van der Waals surface area contributed by atoms with Crippen LogP contribution in [0.5, 0.6) is 11.5 Å². The molecule has 0 aromatic heterocycles. The zero-order valence-corrected chi connectivity index (χ0v) is 22.2. The molecule has 0 bridgehead atoms. The molecule has 1 aliphatic heterocycles. The van der Waals surface area contributed by atoms with E-state index in [1.807, 2.05) is 44.2 Å². The van der Waals surface area contributed by atoms with Gasteiger partial charge in [-0.25, -0.2) is 0 Å². The Hall–Kier alpha value is -3.80. The third kappa shape index (κ3) is 8.45. The highest BCUT2D eigenvalue weighted by Gasteiger charge is 2.25. The van der Waals surface area contributed by atoms with E-state index < -0.39 is 6.04 Å². The highest BCUT2D eigenvalue weighted by molar-refractivity contribution is 5.98. The van der Waals surface area contributed by atoms with Crippen molar-refractivity contribution in [3.8, 4) is 11.5 Å². The van der Waals surface area contributed by atoms with Crippen LogP contribution in [-0.2, 0) is 16.0 Å². The summed E-state index contributed by atoms with van der Waals surface area (Å²) in [7, 11) is 1.69. The van der Waals surface area contributed by atoms with Crippen molar-refractivity contribution in [2.24, 2.45) is 0 Å². The molecule has 0 saturated carbocycles. The van der Waals surface area contributed by atoms with Crippen LogP contribution in [0, 0.1) is 13.8 Å². The molecule has 1 N–H and O–H groups in total. The summed E-state index contributed by atoms with van der Waals surface area (Å²) in [4.78, 5) is 26.0. The maximum atomic E-state index is 12.9. The Morgan fingerprint density at radius 1 is 0.917 bits per heavy atom. The van der Waals surface area contributed by atoms with Crippen LogP contribution in [0.4, 0.5) is 5.69 Å². The fourth-order valence-corrected chi connectivity index (χ4v) is 3.58. The summed E-state index contributed by atoms with van der Waals surface area (Å²) in [6.45, 7) is 9.84. The minimum atomic E-state index is -0.594. The van der Waals surface area contributed by atoms with E-state index in [4.69, 9.17) is 9.47 Å². The Bertz CT molecular complexity index is 1110. The predicted molar refractivity (Wildman–Crippen MR) is 150 cm³/mol. The van der Waals surface area contributed by atoms with E-state index in [-0.39, 0.29) is 21.5 Å². The summed E-state index contributed by atoms with van der Waals surface area (Å²) in [5.74, 6) is 0.880. The largest absolute Gasteiger partial charge is 0.454 e. The Morgan fingerprint density at radius 2 is 1.50 bits per heavy atom. The SMILES string of the molecule is CC.CC(=O)N[C@@H](CCc1ccccc1)C(=O)N(C)c1ccc2c(c1)OCO2.Cc1ccccc1C.[HH].[HH]. The molecule has 1 aliphatic rings. The van der Waals surface area contributed by atoms with Crippen LogP contribution in [0.25, 0.3) is 0 Å². The molecule has 0 unspecified atom stereocenters. The van der Waals surface area contributed by atoms with E-state index in [1.54, 1.807) is 25.2 Å². The monoisotopic (exact) mass is 494 g/mol. The molecule has 3 aromatic carbocycles. The summed E-state index contributed by atoms with van der Waals surface area (Å²) in [6, 6.07) is 23.0. The van der Waals surface area contributed by atoms with Gasteiger partial charge in [0.1, 0.15) is 6.04 Å². The lowest BCUT2D eigenvalue weighted by molar-refractivity contribution is -0.126. The lowest BCUT2D eigenvalue weighted by Crippen LogP contribution is -2.47. The molecular formula is C30H42N2O4. The van der Waals surface area contributed by atoms with Crippen LogP contribution in [0.2, 0.25) is 0 Å². The number of carbonyl (C=O) groups excluding carboxylic acids is 2. The number of nitrogens with one attached hydrogen (secondary N) is 1. The van der Waals surface area contributed by atoms with Crippen molar-refractivity contribution < 1.29 is 21.9 Å². The van der Waals surface area contributed by atoms with E-state index in [2.05, 4.69) is 43.4 Å². The van der Waals surface area contributed by atoms with Crippen LogP contribution in [-0.4, -0.2) is 31.7 Å². The highest BCUT2D eigenvalue weighted by atomic mass is 16.7. The van der Waals surface area contributed by atoms with Gasteiger partial charge in [-0.15, -0.1) is 0 Å². The molecule has 3 aromatic rings. The third-order valence-electron chi connectivity index (χ3n) is 5.74. The van der Waals surface area contributed by atoms with Gasteiger partial charge in [0.25, 0.3) is 0 Å². The van der Waals surface area contributed by atoms with Crippen molar-refractivity contribution in [2.75, 3.05) is 18.7 Å². The number of aryl methyl sites for hydroxylation is 3. The molecule has 0 saturated heterocycles. The molecule has 1 heterocycles. The summed E-state index contributed by atoms with van der Waals surface area (Å²) in [5.41, 5.74) is 4.55. The van der Waals surface area contributed by atoms with E-state index in [9.17, 15) is 9.59 Å². The van der Waals surface area contributed by atoms with Gasteiger partial charge in [-0.3, -0.25) is 9.59 Å². The summed E-state index contributed by atoms with van der Waals surface area (Å²) >= 11 is 0. The number of rotatable bonds is 6. The summed E-state index contributed by atoms with van der Waals surface area (Å²) in [5, 5.41) is 2.77. The van der Waals surface area contributed by atoms with Crippen molar-refractivity contribution in [3.05, 3.63) is 89.5 Å². The molecule has 6 heteroatoms. The van der Waals surface area contributed by atoms with E-state index >= 15 is 0 Å². The van der Waals surface area contributed by atoms with Gasteiger partial charge < -0.3 is 19.7 Å². The van der Waals surface area contributed by atoms with Gasteiger partial charge in [-0.05, 0) is 55.5 Å². The first-order valence-corrected chi connectivity index (χ1v) is 12.4. The fourth-order valence-electron chi connectivity index (χ4n) is 3.58. The second-order valence-electron chi connectivity index (χ2n) is 8.30. The van der Waals surface area contributed by atoms with E-state index in [1.165, 1.54) is 23.0 Å². The number of amides is 2. The van der Waals surface area contributed by atoms with Crippen molar-refractivity contribution in [3.63, 3.8) is 0 Å². The lowest BCUT2D eigenvalue weighted by atomic mass is 10.0. The molecule has 0 radical (unpaired) electrons. The number of hydrogen-bond acceptors (Lipinski definition) is 4. The molecule has 0 aliphatic carbocycles. The predicted octanol–water partition coefficient (Wildman–Crippen LogP) is 6.34. The summed E-state index contributed by atoms with van der Waals surface area (Å²) in [6.07, 6.45) is 1.23. The second-order valence-corrected chi connectivity index (χ2v) is 8.30. The van der Waals surface area contributed by atoms with Gasteiger partial charge in [0.05, 0.1) is 0 Å². The van der Waals surface area contributed by atoms with Crippen molar-refractivity contribution in [1.82, 2.24) is 5.32 Å². The second kappa shape index (κ2) is 14.6. The maximum absolute atomic E-state index is 12.9. The first kappa shape index (κ1) is 28.4. The zero-order chi connectivity index (χ0) is 26.5. The average Bonchev–Trinajstić information content (AvgIpc) is 3.37. The number of hydrogen-bond donors (Lipinski definition) is 1. The number of nitrogens with zero attached hydrogens (tertiary/aromatic N) is 1. The Morgan fingerprint density at radius 3 is 2.08 bits per heavy atom. The lowest BCUT2D eigenvalue weighted by Gasteiger charge is -2.24. The maximum Gasteiger partial charge on any atom is 0.249 e. The van der Waals surface area contributed by atoms with E-state index in [0.29, 0.717) is 30.0 Å². The number of anilines is 1. The molecule has 0 spiro atoms. The molecular weight excluding hydrogens is 452 g/mol. The molecule has 4 rings (SSSR count).